The number of hydrogen-bond donors (Lipinski definition) is 2. The molecule has 0 radical (unpaired) electrons. The first-order valence-electron chi connectivity index (χ1n) is 10.4. The highest BCUT2D eigenvalue weighted by Crippen LogP contribution is 2.47. The number of Topliss-reactive ketones (excluding diaryl/α,β-unsaturated/α-hetero) is 3. The molecule has 2 N–H and O–H groups in total. The molecule has 1 aliphatic carbocycles. The van der Waals surface area contributed by atoms with Crippen LogP contribution in [0.4, 0.5) is 0 Å². The Morgan fingerprint density at radius 3 is 1.63 bits per heavy atom. The zero-order valence-corrected chi connectivity index (χ0v) is 19.5. The standard InChI is InChI=1S/C25H36O5/c1-15(2)9-12-24(13-10-16(3)4)21(27)19(20(26)18(7)8)22(28)25(30,23(24)29)14-11-17(5)6/h9-11,18,27,30H,12-14H2,1-8H3. The van der Waals surface area contributed by atoms with Crippen LogP contribution in [0, 0.1) is 11.3 Å². The number of ketones is 3. The Bertz CT molecular complexity index is 819. The van der Waals surface area contributed by atoms with E-state index in [1.165, 1.54) is 0 Å². The van der Waals surface area contributed by atoms with Gasteiger partial charge in [-0.3, -0.25) is 14.4 Å². The summed E-state index contributed by atoms with van der Waals surface area (Å²) in [5.41, 5.74) is -1.74. The van der Waals surface area contributed by atoms with Gasteiger partial charge in [0.05, 0.1) is 5.41 Å². The van der Waals surface area contributed by atoms with Crippen LogP contribution < -0.4 is 0 Å². The van der Waals surface area contributed by atoms with Gasteiger partial charge in [0.25, 0.3) is 0 Å². The largest absolute Gasteiger partial charge is 0.510 e. The highest BCUT2D eigenvalue weighted by atomic mass is 16.3. The fourth-order valence-corrected chi connectivity index (χ4v) is 3.43. The van der Waals surface area contributed by atoms with Gasteiger partial charge in [-0.2, -0.15) is 0 Å². The Balaban J connectivity index is 3.95. The molecule has 1 rings (SSSR count). The van der Waals surface area contributed by atoms with Crippen molar-refractivity contribution in [3.8, 4) is 0 Å². The number of hydrogen-bond acceptors (Lipinski definition) is 5. The molecule has 5 heteroatoms. The first-order chi connectivity index (χ1) is 13.7. The second kappa shape index (κ2) is 9.69. The lowest BCUT2D eigenvalue weighted by atomic mass is 9.60. The Hall–Kier alpha value is -2.27. The van der Waals surface area contributed by atoms with Gasteiger partial charge in [-0.25, -0.2) is 0 Å². The lowest BCUT2D eigenvalue weighted by Crippen LogP contribution is -2.59. The number of carbonyl (C=O) groups excluding carboxylic acids is 3. The molecular formula is C25H36O5. The highest BCUT2D eigenvalue weighted by molar-refractivity contribution is 6.33. The number of allylic oxidation sites excluding steroid dienone is 6. The number of aliphatic hydroxyl groups excluding tert-OH is 1. The molecule has 0 heterocycles. The van der Waals surface area contributed by atoms with Crippen LogP contribution in [-0.4, -0.2) is 33.2 Å². The molecule has 0 fully saturated rings. The fourth-order valence-electron chi connectivity index (χ4n) is 3.43. The average Bonchev–Trinajstić information content (AvgIpc) is 2.64. The molecule has 0 bridgehead atoms. The van der Waals surface area contributed by atoms with Crippen LogP contribution in [0.3, 0.4) is 0 Å². The molecule has 0 amide bonds. The molecule has 0 aromatic carbocycles. The van der Waals surface area contributed by atoms with Crippen molar-refractivity contribution in [3.05, 3.63) is 46.3 Å². The summed E-state index contributed by atoms with van der Waals surface area (Å²) < 4.78 is 0. The molecule has 0 spiro atoms. The van der Waals surface area contributed by atoms with Gasteiger partial charge in [0.2, 0.25) is 5.78 Å². The predicted molar refractivity (Wildman–Crippen MR) is 119 cm³/mol. The molecule has 0 saturated carbocycles. The summed E-state index contributed by atoms with van der Waals surface area (Å²) in [5.74, 6) is -3.43. The van der Waals surface area contributed by atoms with Crippen LogP contribution in [0.5, 0.6) is 0 Å². The van der Waals surface area contributed by atoms with E-state index in [4.69, 9.17) is 0 Å². The third-order valence-corrected chi connectivity index (χ3v) is 5.40. The summed E-state index contributed by atoms with van der Waals surface area (Å²) >= 11 is 0. The van der Waals surface area contributed by atoms with Crippen molar-refractivity contribution >= 4 is 17.3 Å². The summed E-state index contributed by atoms with van der Waals surface area (Å²) in [5, 5.41) is 22.6. The van der Waals surface area contributed by atoms with Gasteiger partial charge < -0.3 is 10.2 Å². The SMILES string of the molecule is CC(C)=CCC1(O)C(=O)C(C(=O)C(C)C)=C(O)C(CC=C(C)C)(CC=C(C)C)C1=O. The quantitative estimate of drug-likeness (QED) is 0.331. The van der Waals surface area contributed by atoms with Crippen LogP contribution in [0.15, 0.2) is 46.3 Å². The van der Waals surface area contributed by atoms with E-state index in [0.717, 1.165) is 16.7 Å². The molecule has 166 valence electrons. The third kappa shape index (κ3) is 5.07. The van der Waals surface area contributed by atoms with Crippen LogP contribution in [0.25, 0.3) is 0 Å². The zero-order chi connectivity index (χ0) is 23.4. The van der Waals surface area contributed by atoms with E-state index in [1.807, 2.05) is 27.7 Å². The van der Waals surface area contributed by atoms with Crippen LogP contribution in [0.2, 0.25) is 0 Å². The minimum Gasteiger partial charge on any atom is -0.510 e. The van der Waals surface area contributed by atoms with Crippen LogP contribution >= 0.6 is 0 Å². The van der Waals surface area contributed by atoms with Crippen molar-refractivity contribution in [2.75, 3.05) is 0 Å². The number of carbonyl (C=O) groups is 3. The Morgan fingerprint density at radius 1 is 0.867 bits per heavy atom. The summed E-state index contributed by atoms with van der Waals surface area (Å²) in [6.45, 7) is 14.3. The molecule has 1 aliphatic rings. The van der Waals surface area contributed by atoms with Crippen molar-refractivity contribution in [1.29, 1.82) is 0 Å². The van der Waals surface area contributed by atoms with E-state index in [2.05, 4.69) is 0 Å². The van der Waals surface area contributed by atoms with Crippen molar-refractivity contribution < 1.29 is 24.6 Å². The highest BCUT2D eigenvalue weighted by Gasteiger charge is 2.61. The topological polar surface area (TPSA) is 91.7 Å². The third-order valence-electron chi connectivity index (χ3n) is 5.40. The lowest BCUT2D eigenvalue weighted by Gasteiger charge is -2.42. The molecular weight excluding hydrogens is 380 g/mol. The molecule has 0 aliphatic heterocycles. The van der Waals surface area contributed by atoms with E-state index in [1.54, 1.807) is 45.9 Å². The normalized spacial score (nSPS) is 20.9. The molecule has 1 atom stereocenters. The maximum absolute atomic E-state index is 13.7. The summed E-state index contributed by atoms with van der Waals surface area (Å²) in [6.07, 6.45) is 5.14. The minimum atomic E-state index is -2.39. The molecule has 1 unspecified atom stereocenters. The second-order valence-corrected chi connectivity index (χ2v) is 9.30. The number of aliphatic hydroxyl groups is 2. The maximum Gasteiger partial charge on any atom is 0.209 e. The molecule has 5 nitrogen and oxygen atoms in total. The predicted octanol–water partition coefficient (Wildman–Crippen LogP) is 4.96. The fraction of sp³-hybridized carbons (Fsp3) is 0.560. The van der Waals surface area contributed by atoms with Gasteiger partial charge in [0, 0.05) is 12.3 Å². The second-order valence-electron chi connectivity index (χ2n) is 9.30. The molecule has 0 saturated heterocycles. The molecule has 0 aromatic heterocycles. The monoisotopic (exact) mass is 416 g/mol. The first kappa shape index (κ1) is 25.8. The van der Waals surface area contributed by atoms with Gasteiger partial charge in [-0.1, -0.05) is 48.8 Å². The van der Waals surface area contributed by atoms with E-state index in [0.29, 0.717) is 0 Å². The van der Waals surface area contributed by atoms with Crippen molar-refractivity contribution in [1.82, 2.24) is 0 Å². The van der Waals surface area contributed by atoms with E-state index < -0.39 is 45.6 Å². The average molecular weight is 417 g/mol. The minimum absolute atomic E-state index is 0.0864. The van der Waals surface area contributed by atoms with E-state index in [9.17, 15) is 24.6 Å². The zero-order valence-electron chi connectivity index (χ0n) is 19.5. The Kier molecular flexibility index (Phi) is 8.32. The van der Waals surface area contributed by atoms with Gasteiger partial charge in [0.15, 0.2) is 17.2 Å². The van der Waals surface area contributed by atoms with E-state index in [-0.39, 0.29) is 19.3 Å². The van der Waals surface area contributed by atoms with Crippen molar-refractivity contribution in [3.63, 3.8) is 0 Å². The van der Waals surface area contributed by atoms with Gasteiger partial charge in [-0.15, -0.1) is 0 Å². The summed E-state index contributed by atoms with van der Waals surface area (Å²) in [6, 6.07) is 0. The van der Waals surface area contributed by atoms with E-state index >= 15 is 0 Å². The smallest absolute Gasteiger partial charge is 0.209 e. The van der Waals surface area contributed by atoms with Crippen molar-refractivity contribution in [2.45, 2.75) is 80.3 Å². The van der Waals surface area contributed by atoms with Crippen LogP contribution in [0.1, 0.15) is 74.7 Å². The maximum atomic E-state index is 13.7. The molecule has 30 heavy (non-hydrogen) atoms. The lowest BCUT2D eigenvalue weighted by molar-refractivity contribution is -0.158. The molecule has 0 aromatic rings. The van der Waals surface area contributed by atoms with Gasteiger partial charge >= 0.3 is 0 Å². The number of rotatable bonds is 8. The summed E-state index contributed by atoms with van der Waals surface area (Å²) in [4.78, 5) is 39.8. The Morgan fingerprint density at radius 2 is 1.27 bits per heavy atom. The van der Waals surface area contributed by atoms with Gasteiger partial charge in [-0.05, 0) is 54.4 Å². The Labute approximate surface area is 180 Å². The first-order valence-corrected chi connectivity index (χ1v) is 10.4. The van der Waals surface area contributed by atoms with Gasteiger partial charge in [0.1, 0.15) is 11.3 Å². The summed E-state index contributed by atoms with van der Waals surface area (Å²) in [7, 11) is 0. The van der Waals surface area contributed by atoms with Crippen molar-refractivity contribution in [2.24, 2.45) is 11.3 Å². The van der Waals surface area contributed by atoms with Crippen LogP contribution in [-0.2, 0) is 14.4 Å².